The second-order valence-electron chi connectivity index (χ2n) is 7.19. The van der Waals surface area contributed by atoms with Gasteiger partial charge in [-0.05, 0) is 60.3 Å². The van der Waals surface area contributed by atoms with Crippen LogP contribution >= 0.6 is 0 Å². The van der Waals surface area contributed by atoms with Crippen LogP contribution < -0.4 is 0 Å². The molecule has 0 spiro atoms. The summed E-state index contributed by atoms with van der Waals surface area (Å²) in [6, 6.07) is 20.6. The van der Waals surface area contributed by atoms with Crippen molar-refractivity contribution < 1.29 is 0 Å². The summed E-state index contributed by atoms with van der Waals surface area (Å²) in [5, 5.41) is 0. The molecule has 0 nitrogen and oxygen atoms in total. The van der Waals surface area contributed by atoms with Crippen LogP contribution in [0.5, 0.6) is 0 Å². The van der Waals surface area contributed by atoms with E-state index in [9.17, 15) is 0 Å². The lowest BCUT2D eigenvalue weighted by molar-refractivity contribution is 0.413. The van der Waals surface area contributed by atoms with Gasteiger partial charge in [0, 0.05) is 5.41 Å². The molecule has 0 radical (unpaired) electrons. The summed E-state index contributed by atoms with van der Waals surface area (Å²) in [5.74, 6) is 0.752. The molecule has 0 bridgehead atoms. The van der Waals surface area contributed by atoms with Crippen LogP contribution in [-0.4, -0.2) is 0 Å². The third-order valence-electron chi connectivity index (χ3n) is 6.36. The Labute approximate surface area is 132 Å². The molecule has 0 aliphatic heterocycles. The lowest BCUT2D eigenvalue weighted by Crippen LogP contribution is -2.36. The van der Waals surface area contributed by atoms with Crippen LogP contribution in [-0.2, 0) is 5.41 Å². The molecule has 2 unspecified atom stereocenters. The van der Waals surface area contributed by atoms with Crippen molar-refractivity contribution in [3.63, 3.8) is 0 Å². The average molecular weight is 286 g/mol. The van der Waals surface area contributed by atoms with Gasteiger partial charge in [0.15, 0.2) is 0 Å². The van der Waals surface area contributed by atoms with E-state index in [0.29, 0.717) is 0 Å². The van der Waals surface area contributed by atoms with Crippen LogP contribution in [0.15, 0.2) is 60.2 Å². The van der Waals surface area contributed by atoms with E-state index < -0.39 is 0 Å². The van der Waals surface area contributed by atoms with E-state index in [1.54, 1.807) is 27.8 Å². The van der Waals surface area contributed by atoms with Gasteiger partial charge >= 0.3 is 0 Å². The number of hydrogen-bond acceptors (Lipinski definition) is 0. The van der Waals surface area contributed by atoms with Gasteiger partial charge in [0.05, 0.1) is 0 Å². The molecular weight excluding hydrogens is 264 g/mol. The lowest BCUT2D eigenvalue weighted by Gasteiger charge is -2.43. The molecule has 3 aliphatic carbocycles. The molecule has 0 amide bonds. The molecule has 110 valence electrons. The zero-order valence-electron chi connectivity index (χ0n) is 13.0. The monoisotopic (exact) mass is 286 g/mol. The standard InChI is InChI=1S/C22H22/c1-2-8-16(9-3-1)22-15-7-14-21(22)19-12-6-11-17(19)18-10-4-5-13-20(18)22/h1-5,8-10,13,21H,6-7,11-12,14-15H2. The Hall–Kier alpha value is -1.82. The molecule has 1 saturated carbocycles. The van der Waals surface area contributed by atoms with Crippen molar-refractivity contribution in [3.8, 4) is 0 Å². The number of fused-ring (bicyclic) bond motifs is 5. The SMILES string of the molecule is c1ccc(C23CCCC2C2=C(CCC2)c2ccccc23)cc1. The summed E-state index contributed by atoms with van der Waals surface area (Å²) >= 11 is 0. The van der Waals surface area contributed by atoms with Crippen molar-refractivity contribution in [2.24, 2.45) is 5.92 Å². The minimum atomic E-state index is 0.251. The highest BCUT2D eigenvalue weighted by Crippen LogP contribution is 2.61. The largest absolute Gasteiger partial charge is 0.0622 e. The normalized spacial score (nSPS) is 29.2. The molecule has 5 rings (SSSR count). The fourth-order valence-corrected chi connectivity index (χ4v) is 5.63. The molecule has 0 aromatic heterocycles. The highest BCUT2D eigenvalue weighted by molar-refractivity contribution is 5.78. The molecule has 2 aromatic rings. The Balaban J connectivity index is 1.84. The van der Waals surface area contributed by atoms with Gasteiger partial charge in [0.2, 0.25) is 0 Å². The Morgan fingerprint density at radius 1 is 0.818 bits per heavy atom. The summed E-state index contributed by atoms with van der Waals surface area (Å²) in [4.78, 5) is 0. The van der Waals surface area contributed by atoms with Crippen molar-refractivity contribution in [2.45, 2.75) is 43.9 Å². The van der Waals surface area contributed by atoms with Gasteiger partial charge in [-0.2, -0.15) is 0 Å². The van der Waals surface area contributed by atoms with Gasteiger partial charge in [-0.25, -0.2) is 0 Å². The van der Waals surface area contributed by atoms with Crippen LogP contribution in [0.25, 0.3) is 5.57 Å². The molecule has 2 atom stereocenters. The van der Waals surface area contributed by atoms with E-state index >= 15 is 0 Å². The minimum Gasteiger partial charge on any atom is -0.0622 e. The molecular formula is C22H22. The van der Waals surface area contributed by atoms with E-state index in [1.165, 1.54) is 38.5 Å². The first-order chi connectivity index (χ1) is 10.9. The van der Waals surface area contributed by atoms with E-state index in [2.05, 4.69) is 54.6 Å². The predicted molar refractivity (Wildman–Crippen MR) is 91.8 cm³/mol. The zero-order valence-corrected chi connectivity index (χ0v) is 13.0. The molecule has 22 heavy (non-hydrogen) atoms. The smallest absolute Gasteiger partial charge is 0.0274 e. The number of hydrogen-bond donors (Lipinski definition) is 0. The van der Waals surface area contributed by atoms with Crippen LogP contribution in [0, 0.1) is 5.92 Å². The van der Waals surface area contributed by atoms with Gasteiger partial charge in [-0.1, -0.05) is 66.6 Å². The van der Waals surface area contributed by atoms with E-state index in [4.69, 9.17) is 0 Å². The van der Waals surface area contributed by atoms with Crippen LogP contribution in [0.1, 0.15) is 55.2 Å². The van der Waals surface area contributed by atoms with E-state index in [0.717, 1.165) is 5.92 Å². The maximum atomic E-state index is 2.42. The van der Waals surface area contributed by atoms with Crippen molar-refractivity contribution >= 4 is 5.57 Å². The highest BCUT2D eigenvalue weighted by atomic mass is 14.5. The third kappa shape index (κ3) is 1.48. The number of benzene rings is 2. The fraction of sp³-hybridized carbons (Fsp3) is 0.364. The summed E-state index contributed by atoms with van der Waals surface area (Å²) < 4.78 is 0. The summed E-state index contributed by atoms with van der Waals surface area (Å²) in [7, 11) is 0. The molecule has 0 heteroatoms. The maximum Gasteiger partial charge on any atom is 0.0274 e. The van der Waals surface area contributed by atoms with Gasteiger partial charge in [-0.15, -0.1) is 0 Å². The van der Waals surface area contributed by atoms with Gasteiger partial charge in [0.25, 0.3) is 0 Å². The third-order valence-corrected chi connectivity index (χ3v) is 6.36. The van der Waals surface area contributed by atoms with Crippen LogP contribution in [0.4, 0.5) is 0 Å². The minimum absolute atomic E-state index is 0.251. The molecule has 3 aliphatic rings. The Morgan fingerprint density at radius 3 is 2.55 bits per heavy atom. The second kappa shape index (κ2) is 4.59. The van der Waals surface area contributed by atoms with Crippen molar-refractivity contribution in [3.05, 3.63) is 76.9 Å². The first kappa shape index (κ1) is 12.7. The maximum absolute atomic E-state index is 2.42. The molecule has 0 saturated heterocycles. The highest BCUT2D eigenvalue weighted by Gasteiger charge is 2.51. The Morgan fingerprint density at radius 2 is 1.64 bits per heavy atom. The summed E-state index contributed by atoms with van der Waals surface area (Å²) in [6.45, 7) is 0. The average Bonchev–Trinajstić information content (AvgIpc) is 3.23. The Bertz CT molecular complexity index is 753. The molecule has 0 N–H and O–H groups in total. The second-order valence-corrected chi connectivity index (χ2v) is 7.19. The number of rotatable bonds is 1. The van der Waals surface area contributed by atoms with E-state index in [-0.39, 0.29) is 5.41 Å². The first-order valence-electron chi connectivity index (χ1n) is 8.78. The summed E-state index contributed by atoms with van der Waals surface area (Å²) in [5.41, 5.74) is 8.49. The van der Waals surface area contributed by atoms with Crippen molar-refractivity contribution in [1.82, 2.24) is 0 Å². The predicted octanol–water partition coefficient (Wildman–Crippen LogP) is 5.72. The first-order valence-corrected chi connectivity index (χ1v) is 8.78. The van der Waals surface area contributed by atoms with Crippen molar-refractivity contribution in [1.29, 1.82) is 0 Å². The lowest BCUT2D eigenvalue weighted by atomic mass is 9.60. The Kier molecular flexibility index (Phi) is 2.65. The fourth-order valence-electron chi connectivity index (χ4n) is 5.63. The summed E-state index contributed by atoms with van der Waals surface area (Å²) in [6.07, 6.45) is 8.05. The van der Waals surface area contributed by atoms with Gasteiger partial charge in [0.1, 0.15) is 0 Å². The number of allylic oxidation sites excluding steroid dienone is 2. The molecule has 2 aromatic carbocycles. The molecule has 1 fully saturated rings. The van der Waals surface area contributed by atoms with Crippen LogP contribution in [0.3, 0.4) is 0 Å². The van der Waals surface area contributed by atoms with Crippen molar-refractivity contribution in [2.75, 3.05) is 0 Å². The topological polar surface area (TPSA) is 0 Å². The van der Waals surface area contributed by atoms with Gasteiger partial charge < -0.3 is 0 Å². The quantitative estimate of drug-likeness (QED) is 0.628. The van der Waals surface area contributed by atoms with E-state index in [1.807, 2.05) is 0 Å². The molecule has 0 heterocycles. The van der Waals surface area contributed by atoms with Crippen LogP contribution in [0.2, 0.25) is 0 Å². The zero-order chi connectivity index (χ0) is 14.6. The van der Waals surface area contributed by atoms with Gasteiger partial charge in [-0.3, -0.25) is 0 Å².